The summed E-state index contributed by atoms with van der Waals surface area (Å²) < 4.78 is 3.56. The van der Waals surface area contributed by atoms with E-state index in [2.05, 4.69) is 27.0 Å². The molecule has 0 bridgehead atoms. The number of nitrogens with zero attached hydrogens (tertiary/aromatic N) is 3. The van der Waals surface area contributed by atoms with Gasteiger partial charge in [-0.25, -0.2) is 0 Å². The van der Waals surface area contributed by atoms with E-state index < -0.39 is 5.41 Å². The van der Waals surface area contributed by atoms with Crippen LogP contribution in [0.4, 0.5) is 5.13 Å². The molecule has 0 radical (unpaired) electrons. The van der Waals surface area contributed by atoms with Gasteiger partial charge in [0.05, 0.1) is 10.4 Å². The van der Waals surface area contributed by atoms with Crippen LogP contribution in [-0.2, 0) is 4.79 Å². The lowest BCUT2D eigenvalue weighted by atomic mass is 9.62. The molecule has 1 aromatic heterocycles. The lowest BCUT2D eigenvalue weighted by Gasteiger charge is -2.43. The molecular formula is C8H11N5OS2. The topological polar surface area (TPSA) is 93.8 Å². The van der Waals surface area contributed by atoms with E-state index >= 15 is 0 Å². The maximum absolute atomic E-state index is 12.0. The largest absolute Gasteiger partial charge is 0.392 e. The van der Waals surface area contributed by atoms with Gasteiger partial charge in [0.15, 0.2) is 0 Å². The van der Waals surface area contributed by atoms with Crippen molar-refractivity contribution in [2.24, 2.45) is 17.1 Å². The molecule has 0 spiro atoms. The van der Waals surface area contributed by atoms with Crippen molar-refractivity contribution in [3.05, 3.63) is 0 Å². The van der Waals surface area contributed by atoms with Crippen molar-refractivity contribution in [3.8, 4) is 0 Å². The van der Waals surface area contributed by atoms with Gasteiger partial charge in [-0.05, 0) is 24.0 Å². The fraction of sp³-hybridized carbons (Fsp3) is 0.625. The third-order valence-electron chi connectivity index (χ3n) is 2.82. The average Bonchev–Trinajstić information content (AvgIpc) is 2.64. The van der Waals surface area contributed by atoms with Crippen molar-refractivity contribution in [2.75, 3.05) is 5.32 Å². The number of rotatable bonds is 3. The summed E-state index contributed by atoms with van der Waals surface area (Å²) in [5.74, 6) is 0.274. The highest BCUT2D eigenvalue weighted by atomic mass is 32.1. The van der Waals surface area contributed by atoms with Gasteiger partial charge in [-0.3, -0.25) is 10.1 Å². The molecule has 2 rings (SSSR count). The Morgan fingerprint density at radius 1 is 1.69 bits per heavy atom. The first-order valence-electron chi connectivity index (χ1n) is 4.81. The second-order valence-electron chi connectivity index (χ2n) is 4.08. The van der Waals surface area contributed by atoms with Crippen molar-refractivity contribution in [2.45, 2.75) is 19.8 Å². The van der Waals surface area contributed by atoms with E-state index in [1.165, 1.54) is 0 Å². The Kier molecular flexibility index (Phi) is 2.85. The smallest absolute Gasteiger partial charge is 0.239 e. The highest BCUT2D eigenvalue weighted by Gasteiger charge is 2.51. The molecule has 1 aliphatic carbocycles. The van der Waals surface area contributed by atoms with E-state index in [0.717, 1.165) is 11.5 Å². The summed E-state index contributed by atoms with van der Waals surface area (Å²) in [7, 11) is 0. The van der Waals surface area contributed by atoms with Crippen molar-refractivity contribution in [1.82, 2.24) is 14.8 Å². The van der Waals surface area contributed by atoms with Crippen molar-refractivity contribution in [3.63, 3.8) is 0 Å². The van der Waals surface area contributed by atoms with Gasteiger partial charge in [-0.15, -0.1) is 0 Å². The Balaban J connectivity index is 2.10. The Hall–Kier alpha value is -1.15. The zero-order valence-corrected chi connectivity index (χ0v) is 10.3. The summed E-state index contributed by atoms with van der Waals surface area (Å²) in [6.45, 7) is 2.07. The van der Waals surface area contributed by atoms with Crippen LogP contribution in [0.2, 0.25) is 0 Å². The van der Waals surface area contributed by atoms with Gasteiger partial charge in [-0.1, -0.05) is 28.7 Å². The molecule has 1 aliphatic rings. The molecule has 0 aromatic carbocycles. The van der Waals surface area contributed by atoms with Crippen LogP contribution in [0.3, 0.4) is 0 Å². The fourth-order valence-electron chi connectivity index (χ4n) is 2.03. The summed E-state index contributed by atoms with van der Waals surface area (Å²) in [5.41, 5.74) is 4.94. The number of hydrogen-bond acceptors (Lipinski definition) is 6. The van der Waals surface area contributed by atoms with Crippen LogP contribution in [0.15, 0.2) is 0 Å². The third-order valence-corrected chi connectivity index (χ3v) is 3.72. The molecule has 86 valence electrons. The Morgan fingerprint density at radius 3 is 2.81 bits per heavy atom. The Morgan fingerprint density at radius 2 is 2.38 bits per heavy atom. The lowest BCUT2D eigenvalue weighted by Crippen LogP contribution is -2.53. The summed E-state index contributed by atoms with van der Waals surface area (Å²) >= 11 is 6.00. The summed E-state index contributed by atoms with van der Waals surface area (Å²) in [6, 6.07) is 0. The van der Waals surface area contributed by atoms with E-state index in [-0.39, 0.29) is 10.9 Å². The van der Waals surface area contributed by atoms with Crippen LogP contribution in [0.5, 0.6) is 0 Å². The van der Waals surface area contributed by atoms with Crippen LogP contribution < -0.4 is 11.1 Å². The highest BCUT2D eigenvalue weighted by Crippen LogP contribution is 2.46. The molecule has 1 heterocycles. The van der Waals surface area contributed by atoms with E-state index in [0.29, 0.717) is 23.9 Å². The van der Waals surface area contributed by atoms with Crippen LogP contribution in [0, 0.1) is 11.3 Å². The number of anilines is 1. The maximum atomic E-state index is 12.0. The van der Waals surface area contributed by atoms with E-state index in [1.807, 2.05) is 0 Å². The van der Waals surface area contributed by atoms with Crippen molar-refractivity contribution >= 4 is 39.8 Å². The van der Waals surface area contributed by atoms with Gasteiger partial charge in [0, 0.05) is 11.5 Å². The van der Waals surface area contributed by atoms with Crippen molar-refractivity contribution < 1.29 is 4.79 Å². The number of carbonyl (C=O) groups is 1. The fourth-order valence-corrected chi connectivity index (χ4v) is 2.65. The number of thiocarbonyl (C=S) groups is 1. The highest BCUT2D eigenvalue weighted by molar-refractivity contribution is 7.80. The molecule has 1 saturated carbocycles. The molecule has 1 fully saturated rings. The van der Waals surface area contributed by atoms with Gasteiger partial charge in [0.25, 0.3) is 0 Å². The van der Waals surface area contributed by atoms with Gasteiger partial charge < -0.3 is 5.73 Å². The molecule has 3 N–H and O–H groups in total. The molecule has 6 nitrogen and oxygen atoms in total. The van der Waals surface area contributed by atoms with Gasteiger partial charge >= 0.3 is 0 Å². The molecule has 0 unspecified atom stereocenters. The minimum Gasteiger partial charge on any atom is -0.392 e. The molecule has 1 aromatic rings. The summed E-state index contributed by atoms with van der Waals surface area (Å²) in [4.78, 5) is 12.3. The molecule has 1 amide bonds. The molecule has 0 atom stereocenters. The third kappa shape index (κ3) is 1.78. The first-order chi connectivity index (χ1) is 7.54. The summed E-state index contributed by atoms with van der Waals surface area (Å²) in [5, 5.41) is 10.1. The number of nitrogens with two attached hydrogens (primary N) is 1. The number of hydrogen-bond donors (Lipinski definition) is 2. The first kappa shape index (κ1) is 11.3. The van der Waals surface area contributed by atoms with E-state index in [4.69, 9.17) is 18.0 Å². The Bertz CT molecular complexity index is 412. The van der Waals surface area contributed by atoms with Gasteiger partial charge in [0.1, 0.15) is 0 Å². The molecule has 0 aliphatic heterocycles. The van der Waals surface area contributed by atoms with Crippen LogP contribution in [0.1, 0.15) is 19.8 Å². The maximum Gasteiger partial charge on any atom is 0.239 e. The minimum atomic E-state index is -0.708. The van der Waals surface area contributed by atoms with Crippen LogP contribution >= 0.6 is 23.8 Å². The van der Waals surface area contributed by atoms with E-state index in [9.17, 15) is 4.79 Å². The number of carbonyl (C=O) groups excluding carboxylic acids is 1. The molecule has 8 heteroatoms. The SMILES string of the molecule is CC1CC(C(=O)Nc2nnns2)(C(N)=S)C1. The minimum absolute atomic E-state index is 0.198. The zero-order valence-electron chi connectivity index (χ0n) is 8.64. The second-order valence-corrected chi connectivity index (χ2v) is 5.25. The second kappa shape index (κ2) is 4.02. The number of amides is 1. The molecular weight excluding hydrogens is 246 g/mol. The number of aromatic nitrogens is 3. The monoisotopic (exact) mass is 257 g/mol. The normalized spacial score (nSPS) is 28.2. The van der Waals surface area contributed by atoms with Crippen LogP contribution in [-0.4, -0.2) is 25.7 Å². The quantitative estimate of drug-likeness (QED) is 0.769. The predicted octanol–water partition coefficient (Wildman–Crippen LogP) is 0.574. The van der Waals surface area contributed by atoms with Gasteiger partial charge in [0.2, 0.25) is 11.0 Å². The lowest BCUT2D eigenvalue weighted by molar-refractivity contribution is -0.127. The van der Waals surface area contributed by atoms with Crippen LogP contribution in [0.25, 0.3) is 0 Å². The van der Waals surface area contributed by atoms with Crippen molar-refractivity contribution in [1.29, 1.82) is 0 Å². The standard InChI is InChI=1S/C8H11N5OS2/c1-4-2-8(3-4,5(9)15)6(14)10-7-11-12-13-16-7/h4H,2-3H2,1H3,(H2,9,15)(H,10,11,13,14). The number of nitrogens with one attached hydrogen (secondary N) is 1. The molecule has 16 heavy (non-hydrogen) atoms. The van der Waals surface area contributed by atoms with E-state index in [1.54, 1.807) is 0 Å². The predicted molar refractivity (Wildman–Crippen MR) is 64.0 cm³/mol. The van der Waals surface area contributed by atoms with Gasteiger partial charge in [-0.2, -0.15) is 0 Å². The summed E-state index contributed by atoms with van der Waals surface area (Å²) in [6.07, 6.45) is 1.39. The first-order valence-corrected chi connectivity index (χ1v) is 5.99. The Labute approximate surface area is 102 Å². The zero-order chi connectivity index (χ0) is 11.8. The average molecular weight is 257 g/mol. The molecule has 0 saturated heterocycles.